The number of carboxylic acid groups (broad SMARTS) is 1. The Morgan fingerprint density at radius 2 is 2.43 bits per heavy atom. The fourth-order valence-corrected chi connectivity index (χ4v) is 2.35. The lowest BCUT2D eigenvalue weighted by molar-refractivity contribution is 0.0702. The quantitative estimate of drug-likeness (QED) is 0.685. The molecule has 0 radical (unpaired) electrons. The Morgan fingerprint density at radius 1 is 1.71 bits per heavy atom. The molecule has 0 amide bonds. The molecule has 0 atom stereocenters. The van der Waals surface area contributed by atoms with E-state index in [1.807, 2.05) is 18.8 Å². The normalized spacial score (nSPS) is 14.4. The number of nitrogens with zero attached hydrogens (tertiary/aromatic N) is 2. The molecule has 0 unspecified atom stereocenters. The molecule has 2 heterocycles. The molecule has 2 rings (SSSR count). The fourth-order valence-electron chi connectivity index (χ4n) is 1.40. The molecule has 0 aromatic carbocycles. The Labute approximate surface area is 86.0 Å². The number of rotatable bonds is 1. The largest absolute Gasteiger partial charge is 0.477 e. The van der Waals surface area contributed by atoms with Crippen molar-refractivity contribution < 1.29 is 9.90 Å². The topological polar surface area (TPSA) is 52.9 Å². The summed E-state index contributed by atoms with van der Waals surface area (Å²) in [6, 6.07) is 1.73. The minimum absolute atomic E-state index is 0.152. The highest BCUT2D eigenvalue weighted by Crippen LogP contribution is 2.17. The van der Waals surface area contributed by atoms with Crippen molar-refractivity contribution in [2.45, 2.75) is 6.82 Å². The van der Waals surface area contributed by atoms with E-state index in [2.05, 4.69) is 5.10 Å². The van der Waals surface area contributed by atoms with Crippen LogP contribution in [0.3, 0.4) is 0 Å². The fraction of sp³-hybridized carbons (Fsp3) is 0.250. The third-order valence-electron chi connectivity index (χ3n) is 2.37. The number of carboxylic acids is 1. The molecular weight excluding hydrogens is 199 g/mol. The summed E-state index contributed by atoms with van der Waals surface area (Å²) in [6.45, 7) is 2.16. The molecule has 1 N–H and O–H groups in total. The first-order valence-electron chi connectivity index (χ1n) is 4.23. The summed E-state index contributed by atoms with van der Waals surface area (Å²) in [4.78, 5) is 13.9. The van der Waals surface area contributed by atoms with Gasteiger partial charge in [0.15, 0.2) is 0 Å². The summed E-state index contributed by atoms with van der Waals surface area (Å²) < 4.78 is 0. The maximum Gasteiger partial charge on any atom is 0.345 e. The van der Waals surface area contributed by atoms with Crippen LogP contribution in [0, 0.1) is 0 Å². The Balaban J connectivity index is 2.48. The van der Waals surface area contributed by atoms with E-state index in [0.717, 1.165) is 10.3 Å². The van der Waals surface area contributed by atoms with Gasteiger partial charge in [-0.05, 0) is 11.5 Å². The average molecular weight is 208 g/mol. The van der Waals surface area contributed by atoms with E-state index in [4.69, 9.17) is 5.11 Å². The number of hydrogen-bond donors (Lipinski definition) is 1. The van der Waals surface area contributed by atoms with Crippen molar-refractivity contribution in [3.05, 3.63) is 15.8 Å². The standard InChI is InChI=1S/C8H9BN2O2S/c1-9-5-3-6(8(12)13)14-7(5)4-10-11(9)2/h3-4H,1-2H3,(H,12,13). The Bertz CT molecular complexity index is 415. The summed E-state index contributed by atoms with van der Waals surface area (Å²) in [7, 11) is 1.88. The van der Waals surface area contributed by atoms with Crippen LogP contribution in [0.15, 0.2) is 11.2 Å². The molecule has 1 aromatic rings. The van der Waals surface area contributed by atoms with Gasteiger partial charge in [0, 0.05) is 11.9 Å². The van der Waals surface area contributed by atoms with Crippen molar-refractivity contribution in [3.63, 3.8) is 0 Å². The van der Waals surface area contributed by atoms with E-state index in [1.165, 1.54) is 11.3 Å². The minimum atomic E-state index is -0.868. The van der Waals surface area contributed by atoms with Crippen molar-refractivity contribution in [1.29, 1.82) is 0 Å². The van der Waals surface area contributed by atoms with Gasteiger partial charge in [0.05, 0.1) is 6.21 Å². The lowest BCUT2D eigenvalue weighted by Crippen LogP contribution is -2.44. The number of hydrazone groups is 1. The van der Waals surface area contributed by atoms with Crippen molar-refractivity contribution in [2.24, 2.45) is 5.10 Å². The van der Waals surface area contributed by atoms with E-state index < -0.39 is 5.97 Å². The van der Waals surface area contributed by atoms with Crippen LogP contribution < -0.4 is 5.46 Å². The van der Waals surface area contributed by atoms with E-state index in [1.54, 1.807) is 12.3 Å². The molecule has 72 valence electrons. The summed E-state index contributed by atoms with van der Waals surface area (Å²) in [5.74, 6) is -0.868. The Hall–Kier alpha value is -1.30. The number of thiophene rings is 1. The highest BCUT2D eigenvalue weighted by Gasteiger charge is 2.25. The van der Waals surface area contributed by atoms with Gasteiger partial charge in [-0.1, -0.05) is 6.82 Å². The summed E-state index contributed by atoms with van der Waals surface area (Å²) in [5.41, 5.74) is 1.05. The monoisotopic (exact) mass is 208 g/mol. The second kappa shape index (κ2) is 3.13. The molecule has 0 fully saturated rings. The summed E-state index contributed by atoms with van der Waals surface area (Å²) in [6.07, 6.45) is 1.71. The lowest BCUT2D eigenvalue weighted by atomic mass is 9.57. The first-order chi connectivity index (χ1) is 6.59. The molecule has 0 bridgehead atoms. The lowest BCUT2D eigenvalue weighted by Gasteiger charge is -2.21. The zero-order valence-corrected chi connectivity index (χ0v) is 8.71. The Kier molecular flexibility index (Phi) is 2.07. The van der Waals surface area contributed by atoms with Crippen LogP contribution in [0.25, 0.3) is 0 Å². The van der Waals surface area contributed by atoms with E-state index in [-0.39, 0.29) is 6.85 Å². The molecule has 1 aliphatic heterocycles. The van der Waals surface area contributed by atoms with Gasteiger partial charge in [0.1, 0.15) is 4.88 Å². The van der Waals surface area contributed by atoms with E-state index in [9.17, 15) is 4.79 Å². The maximum atomic E-state index is 10.8. The second-order valence-electron chi connectivity index (χ2n) is 3.23. The van der Waals surface area contributed by atoms with Gasteiger partial charge < -0.3 is 10.0 Å². The zero-order valence-electron chi connectivity index (χ0n) is 7.89. The SMILES string of the molecule is CB1c2cc(C(=O)O)sc2C=NN1C. The van der Waals surface area contributed by atoms with Crippen LogP contribution >= 0.6 is 11.3 Å². The molecule has 0 aliphatic carbocycles. The van der Waals surface area contributed by atoms with Gasteiger partial charge in [-0.2, -0.15) is 5.10 Å². The maximum absolute atomic E-state index is 10.8. The third-order valence-corrected chi connectivity index (χ3v) is 3.44. The number of hydrogen-bond acceptors (Lipinski definition) is 4. The van der Waals surface area contributed by atoms with Crippen LogP contribution in [0.2, 0.25) is 6.82 Å². The van der Waals surface area contributed by atoms with Crippen LogP contribution in [0.5, 0.6) is 0 Å². The number of aromatic carboxylic acids is 1. The molecular formula is C8H9BN2O2S. The third kappa shape index (κ3) is 1.31. The van der Waals surface area contributed by atoms with E-state index >= 15 is 0 Å². The summed E-state index contributed by atoms with van der Waals surface area (Å²) in [5, 5.41) is 13.0. The van der Waals surface area contributed by atoms with Gasteiger partial charge in [0.2, 0.25) is 0 Å². The van der Waals surface area contributed by atoms with Crippen molar-refractivity contribution >= 4 is 35.8 Å². The second-order valence-corrected chi connectivity index (χ2v) is 4.31. The average Bonchev–Trinajstić information content (AvgIpc) is 2.56. The van der Waals surface area contributed by atoms with E-state index in [0.29, 0.717) is 4.88 Å². The molecule has 1 aromatic heterocycles. The first kappa shape index (κ1) is 9.27. The minimum Gasteiger partial charge on any atom is -0.477 e. The highest BCUT2D eigenvalue weighted by molar-refractivity contribution is 7.17. The van der Waals surface area contributed by atoms with Crippen molar-refractivity contribution in [2.75, 3.05) is 7.05 Å². The van der Waals surface area contributed by atoms with Crippen molar-refractivity contribution in [1.82, 2.24) is 4.92 Å². The zero-order chi connectivity index (χ0) is 10.3. The van der Waals surface area contributed by atoms with Crippen LogP contribution in [0.4, 0.5) is 0 Å². The predicted octanol–water partition coefficient (Wildman–Crippen LogP) is 0.554. The highest BCUT2D eigenvalue weighted by atomic mass is 32.1. The van der Waals surface area contributed by atoms with Gasteiger partial charge in [-0.15, -0.1) is 11.3 Å². The summed E-state index contributed by atoms with van der Waals surface area (Å²) >= 11 is 1.27. The van der Waals surface area contributed by atoms with Crippen molar-refractivity contribution in [3.8, 4) is 0 Å². The van der Waals surface area contributed by atoms with Gasteiger partial charge in [0.25, 0.3) is 0 Å². The van der Waals surface area contributed by atoms with Crippen LogP contribution in [-0.2, 0) is 0 Å². The molecule has 0 spiro atoms. The molecule has 14 heavy (non-hydrogen) atoms. The first-order valence-corrected chi connectivity index (χ1v) is 5.05. The van der Waals surface area contributed by atoms with Crippen LogP contribution in [0.1, 0.15) is 14.5 Å². The van der Waals surface area contributed by atoms with Gasteiger partial charge in [-0.25, -0.2) is 4.79 Å². The molecule has 1 aliphatic rings. The van der Waals surface area contributed by atoms with Gasteiger partial charge in [-0.3, -0.25) is 0 Å². The smallest absolute Gasteiger partial charge is 0.345 e. The van der Waals surface area contributed by atoms with Crippen LogP contribution in [-0.4, -0.2) is 36.1 Å². The molecule has 0 saturated carbocycles. The number of carbonyl (C=O) groups is 1. The van der Waals surface area contributed by atoms with Gasteiger partial charge >= 0.3 is 12.8 Å². The number of fused-ring (bicyclic) bond motifs is 1. The Morgan fingerprint density at radius 3 is 3.07 bits per heavy atom. The molecule has 0 saturated heterocycles. The molecule has 4 nitrogen and oxygen atoms in total. The predicted molar refractivity (Wildman–Crippen MR) is 57.9 cm³/mol. The molecule has 6 heteroatoms.